The van der Waals surface area contributed by atoms with Crippen LogP contribution >= 0.6 is 0 Å². The van der Waals surface area contributed by atoms with Crippen molar-refractivity contribution in [2.75, 3.05) is 13.7 Å². The zero-order valence-corrected chi connectivity index (χ0v) is 11.4. The maximum atomic E-state index is 10.4. The quantitative estimate of drug-likeness (QED) is 0.846. The third kappa shape index (κ3) is 2.30. The Bertz CT molecular complexity index is 473. The van der Waals surface area contributed by atoms with Crippen LogP contribution in [-0.4, -0.2) is 30.5 Å². The molecule has 2 unspecified atom stereocenters. The Morgan fingerprint density at radius 1 is 1.37 bits per heavy atom. The molecule has 1 aromatic carbocycles. The summed E-state index contributed by atoms with van der Waals surface area (Å²) in [5, 5.41) is 10.4. The van der Waals surface area contributed by atoms with Crippen molar-refractivity contribution < 1.29 is 19.3 Å². The molecule has 1 saturated heterocycles. The summed E-state index contributed by atoms with van der Waals surface area (Å²) in [4.78, 5) is 0. The van der Waals surface area contributed by atoms with E-state index in [9.17, 15) is 5.11 Å². The van der Waals surface area contributed by atoms with Crippen LogP contribution in [-0.2, 0) is 4.74 Å². The van der Waals surface area contributed by atoms with Crippen LogP contribution in [0.25, 0.3) is 0 Å². The first kappa shape index (κ1) is 12.8. The van der Waals surface area contributed by atoms with E-state index in [1.165, 1.54) is 0 Å². The molecule has 0 aromatic heterocycles. The number of aliphatic hydroxyl groups is 1. The van der Waals surface area contributed by atoms with E-state index in [2.05, 4.69) is 6.92 Å². The fourth-order valence-corrected chi connectivity index (χ4v) is 3.15. The van der Waals surface area contributed by atoms with Gasteiger partial charge in [0.05, 0.1) is 25.9 Å². The third-order valence-corrected chi connectivity index (χ3v) is 4.09. The number of ether oxygens (including phenoxy) is 3. The first-order valence-corrected chi connectivity index (χ1v) is 6.78. The summed E-state index contributed by atoms with van der Waals surface area (Å²) in [6, 6.07) is 5.61. The molecule has 3 rings (SSSR count). The lowest BCUT2D eigenvalue weighted by Crippen LogP contribution is -2.47. The molecule has 0 amide bonds. The minimum atomic E-state index is -0.496. The van der Waals surface area contributed by atoms with E-state index in [0.717, 1.165) is 29.9 Å². The van der Waals surface area contributed by atoms with E-state index >= 15 is 0 Å². The second-order valence-electron chi connectivity index (χ2n) is 5.54. The van der Waals surface area contributed by atoms with Crippen molar-refractivity contribution in [3.05, 3.63) is 23.8 Å². The van der Waals surface area contributed by atoms with Gasteiger partial charge in [0, 0.05) is 24.8 Å². The molecule has 0 radical (unpaired) electrons. The van der Waals surface area contributed by atoms with Gasteiger partial charge in [-0.2, -0.15) is 0 Å². The Balaban J connectivity index is 1.91. The number of aliphatic hydroxyl groups excluding tert-OH is 1. The Labute approximate surface area is 113 Å². The van der Waals surface area contributed by atoms with Crippen LogP contribution in [0.4, 0.5) is 0 Å². The van der Waals surface area contributed by atoms with Crippen molar-refractivity contribution in [1.29, 1.82) is 0 Å². The summed E-state index contributed by atoms with van der Waals surface area (Å²) >= 11 is 0. The number of benzene rings is 1. The SMILES string of the molecule is COc1ccc2c(c1)[C@@H](O)CC1(CCOC(C)C1)O2. The zero-order valence-electron chi connectivity index (χ0n) is 11.4. The lowest BCUT2D eigenvalue weighted by atomic mass is 9.81. The van der Waals surface area contributed by atoms with Crippen LogP contribution in [0.5, 0.6) is 11.5 Å². The van der Waals surface area contributed by atoms with E-state index in [1.54, 1.807) is 7.11 Å². The van der Waals surface area contributed by atoms with Crippen molar-refractivity contribution in [2.24, 2.45) is 0 Å². The molecular weight excluding hydrogens is 244 g/mol. The smallest absolute Gasteiger partial charge is 0.126 e. The fourth-order valence-electron chi connectivity index (χ4n) is 3.15. The zero-order chi connectivity index (χ0) is 13.5. The lowest BCUT2D eigenvalue weighted by molar-refractivity contribution is -0.111. The van der Waals surface area contributed by atoms with Crippen molar-refractivity contribution in [3.63, 3.8) is 0 Å². The maximum absolute atomic E-state index is 10.4. The van der Waals surface area contributed by atoms with Crippen LogP contribution in [0.2, 0.25) is 0 Å². The minimum absolute atomic E-state index is 0.181. The van der Waals surface area contributed by atoms with Gasteiger partial charge >= 0.3 is 0 Å². The number of hydrogen-bond donors (Lipinski definition) is 1. The predicted octanol–water partition coefficient (Wildman–Crippen LogP) is 2.45. The molecular formula is C15H20O4. The van der Waals surface area contributed by atoms with Gasteiger partial charge in [0.1, 0.15) is 17.1 Å². The summed E-state index contributed by atoms with van der Waals surface area (Å²) in [6.07, 6.45) is 1.97. The fraction of sp³-hybridized carbons (Fsp3) is 0.600. The average Bonchev–Trinajstić information content (AvgIpc) is 2.38. The molecule has 1 N–H and O–H groups in total. The highest BCUT2D eigenvalue weighted by atomic mass is 16.5. The van der Waals surface area contributed by atoms with Gasteiger partial charge in [0.2, 0.25) is 0 Å². The molecule has 4 nitrogen and oxygen atoms in total. The molecule has 4 heteroatoms. The Morgan fingerprint density at radius 3 is 2.95 bits per heavy atom. The molecule has 0 saturated carbocycles. The second-order valence-corrected chi connectivity index (χ2v) is 5.54. The molecule has 0 aliphatic carbocycles. The highest BCUT2D eigenvalue weighted by Gasteiger charge is 2.43. The van der Waals surface area contributed by atoms with Gasteiger partial charge in [0.15, 0.2) is 0 Å². The van der Waals surface area contributed by atoms with E-state index in [1.807, 2.05) is 18.2 Å². The Kier molecular flexibility index (Phi) is 3.15. The van der Waals surface area contributed by atoms with Crippen LogP contribution in [0, 0.1) is 0 Å². The van der Waals surface area contributed by atoms with Crippen molar-refractivity contribution in [1.82, 2.24) is 0 Å². The normalized spacial score (nSPS) is 33.6. The van der Waals surface area contributed by atoms with Gasteiger partial charge in [-0.25, -0.2) is 0 Å². The largest absolute Gasteiger partial charge is 0.497 e. The highest BCUT2D eigenvalue weighted by Crippen LogP contribution is 2.45. The molecule has 1 fully saturated rings. The van der Waals surface area contributed by atoms with Crippen LogP contribution in [0.1, 0.15) is 37.9 Å². The van der Waals surface area contributed by atoms with E-state index < -0.39 is 6.10 Å². The number of fused-ring (bicyclic) bond motifs is 1. The summed E-state index contributed by atoms with van der Waals surface area (Å²) in [5.74, 6) is 1.52. The topological polar surface area (TPSA) is 47.9 Å². The standard InChI is InChI=1S/C15H20O4/c1-10-8-15(5-6-18-10)9-13(16)12-7-11(17-2)3-4-14(12)19-15/h3-4,7,10,13,16H,5-6,8-9H2,1-2H3/t10?,13-,15?/m0/s1. The molecule has 3 atom stereocenters. The monoisotopic (exact) mass is 264 g/mol. The average molecular weight is 264 g/mol. The molecule has 2 aliphatic heterocycles. The Hall–Kier alpha value is -1.26. The van der Waals surface area contributed by atoms with Crippen LogP contribution < -0.4 is 9.47 Å². The van der Waals surface area contributed by atoms with E-state index in [4.69, 9.17) is 14.2 Å². The first-order chi connectivity index (χ1) is 9.12. The number of rotatable bonds is 1. The van der Waals surface area contributed by atoms with Gasteiger partial charge < -0.3 is 19.3 Å². The predicted molar refractivity (Wildman–Crippen MR) is 70.6 cm³/mol. The number of hydrogen-bond acceptors (Lipinski definition) is 4. The van der Waals surface area contributed by atoms with Crippen LogP contribution in [0.3, 0.4) is 0 Å². The van der Waals surface area contributed by atoms with E-state index in [-0.39, 0.29) is 11.7 Å². The molecule has 1 spiro atoms. The van der Waals surface area contributed by atoms with E-state index in [0.29, 0.717) is 13.0 Å². The van der Waals surface area contributed by atoms with Gasteiger partial charge in [0.25, 0.3) is 0 Å². The van der Waals surface area contributed by atoms with Crippen molar-refractivity contribution >= 4 is 0 Å². The van der Waals surface area contributed by atoms with Crippen LogP contribution in [0.15, 0.2) is 18.2 Å². The molecule has 2 heterocycles. The second kappa shape index (κ2) is 4.69. The van der Waals surface area contributed by atoms with Crippen molar-refractivity contribution in [3.8, 4) is 11.5 Å². The summed E-state index contributed by atoms with van der Waals surface area (Å²) in [6.45, 7) is 2.75. The number of methoxy groups -OCH3 is 1. The Morgan fingerprint density at radius 2 is 2.21 bits per heavy atom. The molecule has 104 valence electrons. The third-order valence-electron chi connectivity index (χ3n) is 4.09. The van der Waals surface area contributed by atoms with Crippen molar-refractivity contribution in [2.45, 2.75) is 44.0 Å². The molecule has 1 aromatic rings. The maximum Gasteiger partial charge on any atom is 0.126 e. The summed E-state index contributed by atoms with van der Waals surface area (Å²) in [5.41, 5.74) is 0.544. The summed E-state index contributed by atoms with van der Waals surface area (Å²) < 4.78 is 17.0. The van der Waals surface area contributed by atoms with Gasteiger partial charge in [-0.15, -0.1) is 0 Å². The van der Waals surface area contributed by atoms with Gasteiger partial charge in [-0.1, -0.05) is 0 Å². The minimum Gasteiger partial charge on any atom is -0.497 e. The molecule has 0 bridgehead atoms. The van der Waals surface area contributed by atoms with Gasteiger partial charge in [-0.05, 0) is 25.1 Å². The highest BCUT2D eigenvalue weighted by molar-refractivity contribution is 5.43. The van der Waals surface area contributed by atoms with Gasteiger partial charge in [-0.3, -0.25) is 0 Å². The molecule has 19 heavy (non-hydrogen) atoms. The summed E-state index contributed by atoms with van der Waals surface area (Å²) in [7, 11) is 1.62. The first-order valence-electron chi connectivity index (χ1n) is 6.78. The molecule has 2 aliphatic rings. The lowest BCUT2D eigenvalue weighted by Gasteiger charge is -2.44.